The molecule has 23 heavy (non-hydrogen) atoms. The number of hydrogen-bond acceptors (Lipinski definition) is 4. The summed E-state index contributed by atoms with van der Waals surface area (Å²) in [7, 11) is 1.89. The van der Waals surface area contributed by atoms with Crippen molar-refractivity contribution in [1.29, 1.82) is 0 Å². The summed E-state index contributed by atoms with van der Waals surface area (Å²) in [6.45, 7) is 2.86. The second-order valence-corrected chi connectivity index (χ2v) is 5.49. The van der Waals surface area contributed by atoms with Gasteiger partial charge in [-0.1, -0.05) is 12.1 Å². The van der Waals surface area contributed by atoms with E-state index in [0.29, 0.717) is 24.3 Å². The smallest absolute Gasteiger partial charge is 0.341 e. The van der Waals surface area contributed by atoms with Crippen molar-refractivity contribution in [2.75, 3.05) is 20.2 Å². The highest BCUT2D eigenvalue weighted by Crippen LogP contribution is 2.12. The fourth-order valence-corrected chi connectivity index (χ4v) is 2.46. The molecule has 0 aliphatic carbocycles. The van der Waals surface area contributed by atoms with Gasteiger partial charge in [0.25, 0.3) is 5.56 Å². The summed E-state index contributed by atoms with van der Waals surface area (Å²) in [5.41, 5.74) is 1.28. The van der Waals surface area contributed by atoms with Crippen LogP contribution in [0.25, 0.3) is 5.69 Å². The maximum atomic E-state index is 12.4. The highest BCUT2D eigenvalue weighted by Gasteiger charge is 2.15. The van der Waals surface area contributed by atoms with Crippen LogP contribution < -0.4 is 5.56 Å². The van der Waals surface area contributed by atoms with Crippen molar-refractivity contribution in [3.63, 3.8) is 0 Å². The molecule has 122 valence electrons. The topological polar surface area (TPSA) is 82.8 Å². The molecule has 0 aliphatic heterocycles. The highest BCUT2D eigenvalue weighted by atomic mass is 16.4. The van der Waals surface area contributed by atoms with Crippen LogP contribution in [0.4, 0.5) is 0 Å². The summed E-state index contributed by atoms with van der Waals surface area (Å²) in [5.74, 6) is -1.22. The van der Waals surface area contributed by atoms with Crippen molar-refractivity contribution in [3.8, 4) is 5.69 Å². The molecule has 0 amide bonds. The summed E-state index contributed by atoms with van der Waals surface area (Å²) < 4.78 is 1.34. The Morgan fingerprint density at radius 3 is 2.70 bits per heavy atom. The van der Waals surface area contributed by atoms with E-state index in [1.54, 1.807) is 25.3 Å². The first-order chi connectivity index (χ1) is 10.9. The second-order valence-electron chi connectivity index (χ2n) is 5.49. The summed E-state index contributed by atoms with van der Waals surface area (Å²) in [6, 6.07) is 8.97. The van der Waals surface area contributed by atoms with Gasteiger partial charge in [-0.15, -0.1) is 0 Å². The Hall–Kier alpha value is -2.44. The van der Waals surface area contributed by atoms with Crippen molar-refractivity contribution in [1.82, 2.24) is 9.47 Å². The molecule has 0 aliphatic rings. The standard InChI is InChI=1S/C17H20N2O4/c1-12-6-7-19(16(21)15(12)17(22)23)14-5-3-4-13(10-14)11-18(2)8-9-20/h3-7,10,20H,8-9,11H2,1-2H3,(H,22,23). The number of aromatic nitrogens is 1. The molecule has 0 saturated carbocycles. The molecule has 6 heteroatoms. The highest BCUT2D eigenvalue weighted by molar-refractivity contribution is 5.88. The van der Waals surface area contributed by atoms with E-state index >= 15 is 0 Å². The molecule has 1 aromatic heterocycles. The first kappa shape index (κ1) is 16.9. The van der Waals surface area contributed by atoms with Gasteiger partial charge in [0.2, 0.25) is 0 Å². The number of carboxylic acids is 1. The molecule has 1 heterocycles. The Labute approximate surface area is 134 Å². The third-order valence-electron chi connectivity index (χ3n) is 3.64. The number of hydrogen-bond donors (Lipinski definition) is 2. The minimum absolute atomic E-state index is 0.0790. The van der Waals surface area contributed by atoms with E-state index < -0.39 is 11.5 Å². The molecule has 6 nitrogen and oxygen atoms in total. The van der Waals surface area contributed by atoms with E-state index in [-0.39, 0.29) is 12.2 Å². The van der Waals surface area contributed by atoms with Crippen LogP contribution in [0.1, 0.15) is 21.5 Å². The van der Waals surface area contributed by atoms with Crippen LogP contribution in [0, 0.1) is 6.92 Å². The molecule has 0 radical (unpaired) electrons. The Balaban J connectivity index is 2.42. The predicted molar refractivity (Wildman–Crippen MR) is 87.2 cm³/mol. The quantitative estimate of drug-likeness (QED) is 0.838. The average Bonchev–Trinajstić information content (AvgIpc) is 2.47. The monoisotopic (exact) mass is 316 g/mol. The van der Waals surface area contributed by atoms with Crippen molar-refractivity contribution in [2.45, 2.75) is 13.5 Å². The number of likely N-dealkylation sites (N-methyl/N-ethyl adjacent to an activating group) is 1. The van der Waals surface area contributed by atoms with Gasteiger partial charge in [0.15, 0.2) is 0 Å². The number of rotatable bonds is 6. The van der Waals surface area contributed by atoms with E-state index in [1.807, 2.05) is 30.1 Å². The number of benzene rings is 1. The van der Waals surface area contributed by atoms with Crippen LogP contribution in [0.3, 0.4) is 0 Å². The molecule has 0 spiro atoms. The van der Waals surface area contributed by atoms with Gasteiger partial charge < -0.3 is 10.2 Å². The zero-order valence-corrected chi connectivity index (χ0v) is 13.2. The van der Waals surface area contributed by atoms with Gasteiger partial charge in [-0.2, -0.15) is 0 Å². The van der Waals surface area contributed by atoms with Crippen LogP contribution in [0.5, 0.6) is 0 Å². The third-order valence-corrected chi connectivity index (χ3v) is 3.64. The first-order valence-electron chi connectivity index (χ1n) is 7.28. The van der Waals surface area contributed by atoms with Crippen molar-refractivity contribution >= 4 is 5.97 Å². The lowest BCUT2D eigenvalue weighted by molar-refractivity contribution is 0.0693. The molecular formula is C17H20N2O4. The van der Waals surface area contributed by atoms with Crippen LogP contribution in [-0.4, -0.2) is 45.8 Å². The van der Waals surface area contributed by atoms with E-state index in [9.17, 15) is 14.7 Å². The zero-order valence-electron chi connectivity index (χ0n) is 13.2. The van der Waals surface area contributed by atoms with Gasteiger partial charge in [0, 0.05) is 25.0 Å². The fourth-order valence-electron chi connectivity index (χ4n) is 2.46. The Morgan fingerprint density at radius 2 is 2.04 bits per heavy atom. The summed E-state index contributed by atoms with van der Waals surface area (Å²) in [6.07, 6.45) is 1.58. The Kier molecular flexibility index (Phi) is 5.31. The minimum atomic E-state index is -1.22. The molecule has 0 atom stereocenters. The van der Waals surface area contributed by atoms with Crippen molar-refractivity contribution < 1.29 is 15.0 Å². The maximum absolute atomic E-state index is 12.4. The lowest BCUT2D eigenvalue weighted by atomic mass is 10.1. The SMILES string of the molecule is Cc1ccn(-c2cccc(CN(C)CCO)c2)c(=O)c1C(=O)O. The predicted octanol–water partition coefficient (Wildman–Crippen LogP) is 1.27. The molecule has 0 fully saturated rings. The minimum Gasteiger partial charge on any atom is -0.477 e. The summed E-state index contributed by atoms with van der Waals surface area (Å²) >= 11 is 0. The molecule has 0 bridgehead atoms. The normalized spacial score (nSPS) is 11.0. The van der Waals surface area contributed by atoms with Crippen LogP contribution in [-0.2, 0) is 6.54 Å². The molecule has 0 unspecified atom stereocenters. The number of carboxylic acid groups (broad SMARTS) is 1. The summed E-state index contributed by atoms with van der Waals surface area (Å²) in [4.78, 5) is 25.6. The number of aryl methyl sites for hydroxylation is 1. The lowest BCUT2D eigenvalue weighted by Gasteiger charge is -2.16. The van der Waals surface area contributed by atoms with Gasteiger partial charge in [0.05, 0.1) is 6.61 Å². The number of aliphatic hydroxyl groups is 1. The number of aliphatic hydroxyl groups excluding tert-OH is 1. The zero-order chi connectivity index (χ0) is 17.0. The van der Waals surface area contributed by atoms with E-state index in [0.717, 1.165) is 5.56 Å². The first-order valence-corrected chi connectivity index (χ1v) is 7.28. The number of nitrogens with zero attached hydrogens (tertiary/aromatic N) is 2. The van der Waals surface area contributed by atoms with Gasteiger partial charge in [-0.25, -0.2) is 4.79 Å². The molecule has 0 saturated heterocycles. The van der Waals surface area contributed by atoms with Crippen LogP contribution in [0.15, 0.2) is 41.3 Å². The van der Waals surface area contributed by atoms with Gasteiger partial charge in [0.1, 0.15) is 5.56 Å². The largest absolute Gasteiger partial charge is 0.477 e. The van der Waals surface area contributed by atoms with E-state index in [1.165, 1.54) is 4.57 Å². The van der Waals surface area contributed by atoms with Crippen molar-refractivity contribution in [2.24, 2.45) is 0 Å². The van der Waals surface area contributed by atoms with Gasteiger partial charge in [-0.05, 0) is 43.3 Å². The maximum Gasteiger partial charge on any atom is 0.341 e. The van der Waals surface area contributed by atoms with E-state index in [4.69, 9.17) is 5.11 Å². The Morgan fingerprint density at radius 1 is 1.30 bits per heavy atom. The van der Waals surface area contributed by atoms with E-state index in [2.05, 4.69) is 0 Å². The van der Waals surface area contributed by atoms with Gasteiger partial charge >= 0.3 is 5.97 Å². The molecule has 2 aromatic rings. The third kappa shape index (κ3) is 3.85. The average molecular weight is 316 g/mol. The van der Waals surface area contributed by atoms with Gasteiger partial charge in [-0.3, -0.25) is 14.3 Å². The molecular weight excluding hydrogens is 296 g/mol. The summed E-state index contributed by atoms with van der Waals surface area (Å²) in [5, 5.41) is 18.2. The number of aromatic carboxylic acids is 1. The van der Waals surface area contributed by atoms with Crippen molar-refractivity contribution in [3.05, 3.63) is 63.6 Å². The Bertz CT molecular complexity index is 767. The number of carbonyl (C=O) groups is 1. The van der Waals surface area contributed by atoms with Crippen LogP contribution >= 0.6 is 0 Å². The molecule has 2 N–H and O–H groups in total. The fraction of sp³-hybridized carbons (Fsp3) is 0.294. The second kappa shape index (κ2) is 7.21. The van der Waals surface area contributed by atoms with Crippen LogP contribution in [0.2, 0.25) is 0 Å². The number of pyridine rings is 1. The molecule has 2 rings (SSSR count). The lowest BCUT2D eigenvalue weighted by Crippen LogP contribution is -2.26. The molecule has 1 aromatic carbocycles.